The molecule has 2 aromatic rings. The van der Waals surface area contributed by atoms with Gasteiger partial charge in [0.25, 0.3) is 0 Å². The van der Waals surface area contributed by atoms with Crippen molar-refractivity contribution in [1.82, 2.24) is 5.32 Å². The maximum absolute atomic E-state index is 6.21. The standard InChI is InChI=1S/C16H17BrClNO/c1-11(14-5-3-4-6-15(14)18)19-10-12-9-13(17)7-8-16(12)20-2/h3-9,11,19H,10H2,1-2H3/t11-/m1/s1. The van der Waals surface area contributed by atoms with Gasteiger partial charge < -0.3 is 10.1 Å². The normalized spacial score (nSPS) is 12.2. The summed E-state index contributed by atoms with van der Waals surface area (Å²) in [5.41, 5.74) is 2.21. The third-order valence-corrected chi connectivity index (χ3v) is 4.05. The Morgan fingerprint density at radius 2 is 2.00 bits per heavy atom. The van der Waals surface area contributed by atoms with Gasteiger partial charge in [-0.05, 0) is 36.8 Å². The third-order valence-electron chi connectivity index (χ3n) is 3.21. The van der Waals surface area contributed by atoms with Crippen molar-refractivity contribution in [3.8, 4) is 5.75 Å². The summed E-state index contributed by atoms with van der Waals surface area (Å²) in [6.45, 7) is 2.82. The lowest BCUT2D eigenvalue weighted by Gasteiger charge is -2.17. The first-order valence-corrected chi connectivity index (χ1v) is 7.59. The predicted octanol–water partition coefficient (Wildman–Crippen LogP) is 4.96. The average molecular weight is 355 g/mol. The van der Waals surface area contributed by atoms with Crippen LogP contribution in [0, 0.1) is 0 Å². The molecule has 0 aliphatic carbocycles. The Labute approximate surface area is 133 Å². The van der Waals surface area contributed by atoms with Gasteiger partial charge in [0.2, 0.25) is 0 Å². The lowest BCUT2D eigenvalue weighted by molar-refractivity contribution is 0.406. The summed E-state index contributed by atoms with van der Waals surface area (Å²) in [6.07, 6.45) is 0. The fourth-order valence-electron chi connectivity index (χ4n) is 2.08. The Balaban J connectivity index is 2.09. The summed E-state index contributed by atoms with van der Waals surface area (Å²) < 4.78 is 6.42. The van der Waals surface area contributed by atoms with Crippen LogP contribution in [0.25, 0.3) is 0 Å². The predicted molar refractivity (Wildman–Crippen MR) is 87.4 cm³/mol. The molecule has 0 aliphatic rings. The van der Waals surface area contributed by atoms with Crippen LogP contribution in [0.15, 0.2) is 46.9 Å². The van der Waals surface area contributed by atoms with Crippen molar-refractivity contribution in [2.24, 2.45) is 0 Å². The van der Waals surface area contributed by atoms with Crippen LogP contribution >= 0.6 is 27.5 Å². The van der Waals surface area contributed by atoms with Crippen LogP contribution in [-0.2, 0) is 6.54 Å². The molecular weight excluding hydrogens is 338 g/mol. The van der Waals surface area contributed by atoms with E-state index >= 15 is 0 Å². The summed E-state index contributed by atoms with van der Waals surface area (Å²) in [5.74, 6) is 0.882. The molecule has 0 radical (unpaired) electrons. The highest BCUT2D eigenvalue weighted by atomic mass is 79.9. The lowest BCUT2D eigenvalue weighted by atomic mass is 10.1. The van der Waals surface area contributed by atoms with E-state index in [1.807, 2.05) is 36.4 Å². The van der Waals surface area contributed by atoms with Crippen LogP contribution in [0.3, 0.4) is 0 Å². The van der Waals surface area contributed by atoms with Crippen molar-refractivity contribution in [3.63, 3.8) is 0 Å². The molecule has 0 unspecified atom stereocenters. The number of rotatable bonds is 5. The van der Waals surface area contributed by atoms with Gasteiger partial charge in [-0.15, -0.1) is 0 Å². The van der Waals surface area contributed by atoms with Crippen LogP contribution in [0.5, 0.6) is 5.75 Å². The van der Waals surface area contributed by atoms with Crippen molar-refractivity contribution < 1.29 is 4.74 Å². The minimum atomic E-state index is 0.174. The molecular formula is C16H17BrClNO. The summed E-state index contributed by atoms with van der Waals surface area (Å²) in [7, 11) is 1.68. The molecule has 0 aromatic heterocycles. The molecule has 0 saturated carbocycles. The third kappa shape index (κ3) is 3.75. The van der Waals surface area contributed by atoms with Crippen LogP contribution in [0.4, 0.5) is 0 Å². The molecule has 1 N–H and O–H groups in total. The van der Waals surface area contributed by atoms with E-state index in [4.69, 9.17) is 16.3 Å². The number of hydrogen-bond donors (Lipinski definition) is 1. The molecule has 1 atom stereocenters. The minimum Gasteiger partial charge on any atom is -0.496 e. The Bertz CT molecular complexity index is 588. The van der Waals surface area contributed by atoms with E-state index in [0.717, 1.165) is 32.9 Å². The van der Waals surface area contributed by atoms with Gasteiger partial charge in [-0.25, -0.2) is 0 Å². The highest BCUT2D eigenvalue weighted by Crippen LogP contribution is 2.25. The van der Waals surface area contributed by atoms with Crippen LogP contribution in [0.2, 0.25) is 5.02 Å². The molecule has 0 aliphatic heterocycles. The first-order chi connectivity index (χ1) is 9.61. The van der Waals surface area contributed by atoms with E-state index in [1.54, 1.807) is 7.11 Å². The maximum atomic E-state index is 6.21. The lowest BCUT2D eigenvalue weighted by Crippen LogP contribution is -2.18. The molecule has 2 rings (SSSR count). The van der Waals surface area contributed by atoms with Crippen molar-refractivity contribution in [3.05, 3.63) is 63.1 Å². The largest absolute Gasteiger partial charge is 0.496 e. The topological polar surface area (TPSA) is 21.3 Å². The van der Waals surface area contributed by atoms with Crippen LogP contribution in [-0.4, -0.2) is 7.11 Å². The zero-order valence-electron chi connectivity index (χ0n) is 11.5. The van der Waals surface area contributed by atoms with Gasteiger partial charge in [-0.3, -0.25) is 0 Å². The van der Waals surface area contributed by atoms with E-state index in [9.17, 15) is 0 Å². The second-order valence-corrected chi connectivity index (χ2v) is 5.90. The van der Waals surface area contributed by atoms with Gasteiger partial charge in [-0.1, -0.05) is 45.7 Å². The number of ether oxygens (including phenoxy) is 1. The van der Waals surface area contributed by atoms with Gasteiger partial charge in [0, 0.05) is 27.6 Å². The number of halogens is 2. The second kappa shape index (κ2) is 7.11. The monoisotopic (exact) mass is 353 g/mol. The Kier molecular flexibility index (Phi) is 5.46. The van der Waals surface area contributed by atoms with Gasteiger partial charge in [-0.2, -0.15) is 0 Å². The summed E-state index contributed by atoms with van der Waals surface area (Å²) in [6, 6.07) is 14.1. The SMILES string of the molecule is COc1ccc(Br)cc1CN[C@H](C)c1ccccc1Cl. The summed E-state index contributed by atoms with van der Waals surface area (Å²) in [4.78, 5) is 0. The zero-order chi connectivity index (χ0) is 14.5. The van der Waals surface area contributed by atoms with Crippen molar-refractivity contribution in [2.75, 3.05) is 7.11 Å². The van der Waals surface area contributed by atoms with Gasteiger partial charge in [0.15, 0.2) is 0 Å². The Morgan fingerprint density at radius 1 is 1.25 bits per heavy atom. The zero-order valence-corrected chi connectivity index (χ0v) is 13.8. The first-order valence-electron chi connectivity index (χ1n) is 6.42. The van der Waals surface area contributed by atoms with Gasteiger partial charge in [0.1, 0.15) is 5.75 Å². The molecule has 0 bridgehead atoms. The average Bonchev–Trinajstić information content (AvgIpc) is 2.45. The summed E-state index contributed by atoms with van der Waals surface area (Å²) >= 11 is 9.70. The van der Waals surface area contributed by atoms with Gasteiger partial charge >= 0.3 is 0 Å². The Morgan fingerprint density at radius 3 is 2.70 bits per heavy atom. The molecule has 2 nitrogen and oxygen atoms in total. The minimum absolute atomic E-state index is 0.174. The molecule has 0 amide bonds. The van der Waals surface area contributed by atoms with E-state index < -0.39 is 0 Å². The molecule has 20 heavy (non-hydrogen) atoms. The molecule has 2 aromatic carbocycles. The smallest absolute Gasteiger partial charge is 0.123 e. The fourth-order valence-corrected chi connectivity index (χ4v) is 2.79. The van der Waals surface area contributed by atoms with Crippen molar-refractivity contribution in [2.45, 2.75) is 19.5 Å². The number of methoxy groups -OCH3 is 1. The van der Waals surface area contributed by atoms with E-state index in [-0.39, 0.29) is 6.04 Å². The number of nitrogens with one attached hydrogen (secondary N) is 1. The summed E-state index contributed by atoms with van der Waals surface area (Å²) in [5, 5.41) is 4.26. The highest BCUT2D eigenvalue weighted by Gasteiger charge is 2.10. The van der Waals surface area contributed by atoms with Crippen molar-refractivity contribution >= 4 is 27.5 Å². The maximum Gasteiger partial charge on any atom is 0.123 e. The van der Waals surface area contributed by atoms with E-state index in [0.29, 0.717) is 0 Å². The Hall–Kier alpha value is -1.03. The molecule has 0 spiro atoms. The van der Waals surface area contributed by atoms with Crippen LogP contribution in [0.1, 0.15) is 24.1 Å². The second-order valence-electron chi connectivity index (χ2n) is 4.58. The number of benzene rings is 2. The quantitative estimate of drug-likeness (QED) is 0.819. The molecule has 0 heterocycles. The van der Waals surface area contributed by atoms with Crippen molar-refractivity contribution in [1.29, 1.82) is 0 Å². The first kappa shape index (κ1) is 15.4. The van der Waals surface area contributed by atoms with E-state index in [2.05, 4.69) is 34.2 Å². The fraction of sp³-hybridized carbons (Fsp3) is 0.250. The van der Waals surface area contributed by atoms with Gasteiger partial charge in [0.05, 0.1) is 7.11 Å². The molecule has 0 fully saturated rings. The molecule has 0 saturated heterocycles. The number of hydrogen-bond acceptors (Lipinski definition) is 2. The molecule has 4 heteroatoms. The van der Waals surface area contributed by atoms with E-state index in [1.165, 1.54) is 0 Å². The van der Waals surface area contributed by atoms with Crippen LogP contribution < -0.4 is 10.1 Å². The molecule has 106 valence electrons. The highest BCUT2D eigenvalue weighted by molar-refractivity contribution is 9.10.